The third-order valence-corrected chi connectivity index (χ3v) is 4.03. The molecule has 1 amide bonds. The van der Waals surface area contributed by atoms with E-state index in [1.54, 1.807) is 25.1 Å². The molecule has 8 nitrogen and oxygen atoms in total. The van der Waals surface area contributed by atoms with E-state index in [0.717, 1.165) is 10.9 Å². The van der Waals surface area contributed by atoms with Gasteiger partial charge in [0.15, 0.2) is 5.16 Å². The highest BCUT2D eigenvalue weighted by Crippen LogP contribution is 2.26. The lowest BCUT2D eigenvalue weighted by atomic mass is 10.1. The van der Waals surface area contributed by atoms with Gasteiger partial charge in [0.2, 0.25) is 0 Å². The van der Waals surface area contributed by atoms with E-state index < -0.39 is 11.7 Å². The second-order valence-electron chi connectivity index (χ2n) is 4.73. The Bertz CT molecular complexity index is 907. The average Bonchev–Trinajstić information content (AvgIpc) is 3.05. The van der Waals surface area contributed by atoms with Crippen molar-refractivity contribution in [2.45, 2.75) is 17.8 Å². The standard InChI is InChI=1S/C15H14N4O4S/c1-2-22-15(21)18-10-3-4-11-9(5-13(20)23-12(11)6-10)7-24-14-16-8-17-19-14/h3-6,8H,2,7H2,1H3,(H,18,21)(H,16,17,19). The van der Waals surface area contributed by atoms with Crippen molar-refractivity contribution in [3.63, 3.8) is 0 Å². The normalized spacial score (nSPS) is 10.7. The molecule has 0 radical (unpaired) electrons. The number of carbonyl (C=O) groups excluding carboxylic acids is 1. The van der Waals surface area contributed by atoms with Gasteiger partial charge >= 0.3 is 11.7 Å². The second-order valence-corrected chi connectivity index (χ2v) is 5.69. The quantitative estimate of drug-likeness (QED) is 0.540. The third kappa shape index (κ3) is 3.74. The fourth-order valence-electron chi connectivity index (χ4n) is 2.12. The lowest BCUT2D eigenvalue weighted by molar-refractivity contribution is 0.168. The van der Waals surface area contributed by atoms with Gasteiger partial charge in [-0.2, -0.15) is 5.10 Å². The number of nitrogens with zero attached hydrogens (tertiary/aromatic N) is 2. The highest BCUT2D eigenvalue weighted by Gasteiger charge is 2.10. The van der Waals surface area contributed by atoms with Crippen LogP contribution >= 0.6 is 11.8 Å². The first-order chi connectivity index (χ1) is 11.7. The highest BCUT2D eigenvalue weighted by molar-refractivity contribution is 7.98. The molecule has 0 aliphatic rings. The molecule has 124 valence electrons. The van der Waals surface area contributed by atoms with E-state index in [1.165, 1.54) is 24.2 Å². The number of nitrogens with one attached hydrogen (secondary N) is 2. The number of aromatic nitrogens is 3. The van der Waals surface area contributed by atoms with Crippen LogP contribution < -0.4 is 10.9 Å². The summed E-state index contributed by atoms with van der Waals surface area (Å²) >= 11 is 1.43. The van der Waals surface area contributed by atoms with Crippen molar-refractivity contribution < 1.29 is 13.9 Å². The molecule has 0 atom stereocenters. The average molecular weight is 346 g/mol. The number of hydrogen-bond acceptors (Lipinski definition) is 7. The van der Waals surface area contributed by atoms with Crippen molar-refractivity contribution in [2.24, 2.45) is 0 Å². The summed E-state index contributed by atoms with van der Waals surface area (Å²) in [6.45, 7) is 2.00. The third-order valence-electron chi connectivity index (χ3n) is 3.11. The molecule has 3 rings (SSSR count). The molecule has 2 aromatic heterocycles. The molecular weight excluding hydrogens is 332 g/mol. The molecule has 0 bridgehead atoms. The van der Waals surface area contributed by atoms with Gasteiger partial charge in [-0.05, 0) is 24.6 Å². The summed E-state index contributed by atoms with van der Waals surface area (Å²) in [6, 6.07) is 6.55. The Morgan fingerprint density at radius 2 is 2.29 bits per heavy atom. The molecule has 0 aliphatic heterocycles. The molecule has 3 aromatic rings. The Labute approximate surface area is 140 Å². The summed E-state index contributed by atoms with van der Waals surface area (Å²) in [5, 5.41) is 10.6. The monoisotopic (exact) mass is 346 g/mol. The maximum Gasteiger partial charge on any atom is 0.411 e. The van der Waals surface area contributed by atoms with E-state index in [0.29, 0.717) is 22.2 Å². The van der Waals surface area contributed by atoms with E-state index >= 15 is 0 Å². The summed E-state index contributed by atoms with van der Waals surface area (Å²) in [4.78, 5) is 27.3. The van der Waals surface area contributed by atoms with Gasteiger partial charge in [0, 0.05) is 29.0 Å². The second kappa shape index (κ2) is 7.18. The fourth-order valence-corrected chi connectivity index (χ4v) is 2.89. The Morgan fingerprint density at radius 3 is 3.04 bits per heavy atom. The molecule has 0 spiro atoms. The first kappa shape index (κ1) is 16.1. The zero-order valence-electron chi connectivity index (χ0n) is 12.7. The number of benzene rings is 1. The summed E-state index contributed by atoms with van der Waals surface area (Å²) < 4.78 is 10.1. The number of H-pyrrole nitrogens is 1. The van der Waals surface area contributed by atoms with E-state index in [1.807, 2.05) is 0 Å². The van der Waals surface area contributed by atoms with Crippen LogP contribution in [-0.4, -0.2) is 27.9 Å². The maximum atomic E-state index is 11.8. The van der Waals surface area contributed by atoms with Crippen molar-refractivity contribution >= 4 is 34.5 Å². The number of thioether (sulfide) groups is 1. The minimum absolute atomic E-state index is 0.275. The molecular formula is C15H14N4O4S. The van der Waals surface area contributed by atoms with Crippen LogP contribution in [0.25, 0.3) is 11.0 Å². The van der Waals surface area contributed by atoms with Crippen molar-refractivity contribution in [3.8, 4) is 0 Å². The summed E-state index contributed by atoms with van der Waals surface area (Å²) in [7, 11) is 0. The van der Waals surface area contributed by atoms with E-state index in [9.17, 15) is 9.59 Å². The maximum absolute atomic E-state index is 11.8. The van der Waals surface area contributed by atoms with Gasteiger partial charge in [0.1, 0.15) is 11.9 Å². The smallest absolute Gasteiger partial charge is 0.411 e. The molecule has 9 heteroatoms. The van der Waals surface area contributed by atoms with Crippen LogP contribution in [-0.2, 0) is 10.5 Å². The highest BCUT2D eigenvalue weighted by atomic mass is 32.2. The lowest BCUT2D eigenvalue weighted by Gasteiger charge is -2.08. The number of ether oxygens (including phenoxy) is 1. The van der Waals surface area contributed by atoms with E-state index in [2.05, 4.69) is 20.5 Å². The molecule has 1 aromatic carbocycles. The van der Waals surface area contributed by atoms with Crippen molar-refractivity contribution in [1.29, 1.82) is 0 Å². The molecule has 2 heterocycles. The number of rotatable bonds is 5. The van der Waals surface area contributed by atoms with Crippen molar-refractivity contribution in [1.82, 2.24) is 15.2 Å². The first-order valence-electron chi connectivity index (χ1n) is 7.14. The molecule has 0 saturated carbocycles. The molecule has 0 unspecified atom stereocenters. The summed E-state index contributed by atoms with van der Waals surface area (Å²) in [5.74, 6) is 0.530. The molecule has 2 N–H and O–H groups in total. The minimum Gasteiger partial charge on any atom is -0.450 e. The first-order valence-corrected chi connectivity index (χ1v) is 8.13. The zero-order chi connectivity index (χ0) is 16.9. The Morgan fingerprint density at radius 1 is 1.42 bits per heavy atom. The van der Waals surface area contributed by atoms with Gasteiger partial charge in [-0.25, -0.2) is 14.6 Å². The summed E-state index contributed by atoms with van der Waals surface area (Å²) in [6.07, 6.45) is 0.865. The zero-order valence-corrected chi connectivity index (χ0v) is 13.6. The fraction of sp³-hybridized carbons (Fsp3) is 0.200. The predicted molar refractivity (Wildman–Crippen MR) is 89.1 cm³/mol. The van der Waals surface area contributed by atoms with Gasteiger partial charge in [0.25, 0.3) is 0 Å². The largest absolute Gasteiger partial charge is 0.450 e. The van der Waals surface area contributed by atoms with E-state index in [4.69, 9.17) is 9.15 Å². The van der Waals surface area contributed by atoms with Crippen LogP contribution in [0.15, 0.2) is 45.0 Å². The van der Waals surface area contributed by atoms with Crippen LogP contribution in [0, 0.1) is 0 Å². The Kier molecular flexibility index (Phi) is 4.80. The van der Waals surface area contributed by atoms with Crippen LogP contribution in [0.4, 0.5) is 10.5 Å². The molecule has 0 saturated heterocycles. The van der Waals surface area contributed by atoms with Crippen LogP contribution in [0.2, 0.25) is 0 Å². The van der Waals surface area contributed by atoms with Crippen LogP contribution in [0.3, 0.4) is 0 Å². The number of amides is 1. The molecule has 24 heavy (non-hydrogen) atoms. The van der Waals surface area contributed by atoms with Crippen molar-refractivity contribution in [2.75, 3.05) is 11.9 Å². The van der Waals surface area contributed by atoms with Crippen LogP contribution in [0.1, 0.15) is 12.5 Å². The topological polar surface area (TPSA) is 110 Å². The van der Waals surface area contributed by atoms with Gasteiger partial charge in [0.05, 0.1) is 6.61 Å². The molecule has 0 fully saturated rings. The number of carbonyl (C=O) groups is 1. The van der Waals surface area contributed by atoms with Gasteiger partial charge in [-0.1, -0.05) is 11.8 Å². The van der Waals surface area contributed by atoms with Gasteiger partial charge in [-0.15, -0.1) is 0 Å². The van der Waals surface area contributed by atoms with Gasteiger partial charge < -0.3 is 9.15 Å². The van der Waals surface area contributed by atoms with E-state index in [-0.39, 0.29) is 6.61 Å². The molecule has 0 aliphatic carbocycles. The van der Waals surface area contributed by atoms with Crippen molar-refractivity contribution in [3.05, 3.63) is 46.6 Å². The van der Waals surface area contributed by atoms with Crippen LogP contribution in [0.5, 0.6) is 0 Å². The Hall–Kier alpha value is -2.81. The Balaban J connectivity index is 1.87. The summed E-state index contributed by atoms with van der Waals surface area (Å²) in [5.41, 5.74) is 1.24. The SMILES string of the molecule is CCOC(=O)Nc1ccc2c(CSc3ncn[nH]3)cc(=O)oc2c1. The number of hydrogen-bond donors (Lipinski definition) is 2. The minimum atomic E-state index is -0.559. The van der Waals surface area contributed by atoms with Gasteiger partial charge in [-0.3, -0.25) is 10.4 Å². The lowest BCUT2D eigenvalue weighted by Crippen LogP contribution is -2.13. The number of fused-ring (bicyclic) bond motifs is 1. The predicted octanol–water partition coefficient (Wildman–Crippen LogP) is 2.77. The number of aromatic amines is 1. The number of anilines is 1.